The first-order valence-corrected chi connectivity index (χ1v) is 9.70. The van der Waals surface area contributed by atoms with Crippen molar-refractivity contribution >= 4 is 24.2 Å². The summed E-state index contributed by atoms with van der Waals surface area (Å²) in [5.41, 5.74) is 0.879. The summed E-state index contributed by atoms with van der Waals surface area (Å²) in [6, 6.07) is 7.02. The zero-order valence-corrected chi connectivity index (χ0v) is 17.7. The summed E-state index contributed by atoms with van der Waals surface area (Å²) in [5.74, 6) is -1.79. The Balaban J connectivity index is 1.91. The minimum Gasteiger partial charge on any atom is -0.399 e. The molecule has 1 N–H and O–H groups in total. The normalized spacial score (nSPS) is 17.4. The fourth-order valence-electron chi connectivity index (χ4n) is 3.20. The molecule has 1 aliphatic heterocycles. The fourth-order valence-corrected chi connectivity index (χ4v) is 3.20. The molecule has 0 radical (unpaired) electrons. The van der Waals surface area contributed by atoms with Crippen molar-refractivity contribution in [1.29, 1.82) is 0 Å². The van der Waals surface area contributed by atoms with Crippen LogP contribution >= 0.6 is 0 Å². The van der Waals surface area contributed by atoms with Gasteiger partial charge in [-0.05, 0) is 81.9 Å². The maximum atomic E-state index is 14.3. The lowest BCUT2D eigenvalue weighted by atomic mass is 9.75. The van der Waals surface area contributed by atoms with Crippen LogP contribution in [-0.4, -0.2) is 24.2 Å². The van der Waals surface area contributed by atoms with E-state index in [0.717, 1.165) is 5.56 Å². The van der Waals surface area contributed by atoms with Crippen LogP contribution in [0.5, 0.6) is 0 Å². The predicted octanol–water partition coefficient (Wildman–Crippen LogP) is 4.39. The molecular formula is C22H26BF2NO3. The standard InChI is InChI=1S/C22H26BF2NO3/c1-7-14-8-9-16(18(25)10-14)20(27)26-19-12-15(24)11-17(13(19)2)23-28-21(3,4)22(5,6)29-23/h8-12H,7H2,1-6H3,(H,26,27). The second-order valence-electron chi connectivity index (χ2n) is 8.38. The van der Waals surface area contributed by atoms with Crippen molar-refractivity contribution in [2.45, 2.75) is 59.2 Å². The minimum atomic E-state index is -0.771. The second-order valence-corrected chi connectivity index (χ2v) is 8.38. The van der Waals surface area contributed by atoms with Gasteiger partial charge in [-0.2, -0.15) is 0 Å². The van der Waals surface area contributed by atoms with Gasteiger partial charge in [0.05, 0.1) is 16.8 Å². The number of carbonyl (C=O) groups excluding carboxylic acids is 1. The molecule has 29 heavy (non-hydrogen) atoms. The van der Waals surface area contributed by atoms with Crippen LogP contribution < -0.4 is 10.8 Å². The van der Waals surface area contributed by atoms with E-state index >= 15 is 0 Å². The zero-order chi connectivity index (χ0) is 21.6. The van der Waals surface area contributed by atoms with Crippen LogP contribution in [0.25, 0.3) is 0 Å². The number of aryl methyl sites for hydroxylation is 1. The summed E-state index contributed by atoms with van der Waals surface area (Å²) in [6.45, 7) is 11.3. The zero-order valence-electron chi connectivity index (χ0n) is 17.7. The molecular weight excluding hydrogens is 375 g/mol. The Morgan fingerprint density at radius 3 is 2.24 bits per heavy atom. The van der Waals surface area contributed by atoms with E-state index in [2.05, 4.69) is 5.32 Å². The van der Waals surface area contributed by atoms with Crippen LogP contribution in [0.1, 0.15) is 56.1 Å². The Labute approximate surface area is 170 Å². The van der Waals surface area contributed by atoms with E-state index in [0.29, 0.717) is 17.4 Å². The Morgan fingerprint density at radius 1 is 1.07 bits per heavy atom. The molecule has 1 heterocycles. The fraction of sp³-hybridized carbons (Fsp3) is 0.409. The number of rotatable bonds is 4. The molecule has 0 aliphatic carbocycles. The molecule has 1 fully saturated rings. The average Bonchev–Trinajstić information content (AvgIpc) is 2.84. The van der Waals surface area contributed by atoms with Gasteiger partial charge in [0.25, 0.3) is 5.91 Å². The molecule has 2 aromatic carbocycles. The van der Waals surface area contributed by atoms with Gasteiger partial charge in [0.1, 0.15) is 11.6 Å². The summed E-state index contributed by atoms with van der Waals surface area (Å²) in [6.07, 6.45) is 0.666. The molecule has 0 bridgehead atoms. The van der Waals surface area contributed by atoms with E-state index in [9.17, 15) is 13.6 Å². The van der Waals surface area contributed by atoms with Crippen LogP contribution in [0, 0.1) is 18.6 Å². The van der Waals surface area contributed by atoms with Crippen LogP contribution in [0.2, 0.25) is 0 Å². The molecule has 0 saturated carbocycles. The van der Waals surface area contributed by atoms with Gasteiger partial charge in [-0.3, -0.25) is 4.79 Å². The average molecular weight is 401 g/mol. The van der Waals surface area contributed by atoms with Crippen molar-refractivity contribution in [1.82, 2.24) is 0 Å². The molecule has 0 atom stereocenters. The van der Waals surface area contributed by atoms with E-state index < -0.39 is 35.9 Å². The van der Waals surface area contributed by atoms with Crippen LogP contribution in [0.15, 0.2) is 30.3 Å². The topological polar surface area (TPSA) is 47.6 Å². The molecule has 4 nitrogen and oxygen atoms in total. The molecule has 1 amide bonds. The molecule has 1 aliphatic rings. The highest BCUT2D eigenvalue weighted by molar-refractivity contribution is 6.62. The lowest BCUT2D eigenvalue weighted by Gasteiger charge is -2.32. The molecule has 0 aromatic heterocycles. The maximum absolute atomic E-state index is 14.3. The molecule has 0 unspecified atom stereocenters. The summed E-state index contributed by atoms with van der Waals surface area (Å²) in [7, 11) is -0.771. The highest BCUT2D eigenvalue weighted by Gasteiger charge is 2.52. The van der Waals surface area contributed by atoms with Crippen LogP contribution in [-0.2, 0) is 15.7 Å². The predicted molar refractivity (Wildman–Crippen MR) is 111 cm³/mol. The van der Waals surface area contributed by atoms with Gasteiger partial charge in [0, 0.05) is 5.69 Å². The van der Waals surface area contributed by atoms with Crippen molar-refractivity contribution in [2.24, 2.45) is 0 Å². The third-order valence-corrected chi connectivity index (χ3v) is 5.85. The number of halogens is 2. The number of carbonyl (C=O) groups is 1. The molecule has 1 saturated heterocycles. The first kappa shape index (κ1) is 21.5. The lowest BCUT2D eigenvalue weighted by Crippen LogP contribution is -2.41. The Morgan fingerprint density at radius 2 is 1.69 bits per heavy atom. The number of hydrogen-bond acceptors (Lipinski definition) is 3. The van der Waals surface area contributed by atoms with Gasteiger partial charge in [0.15, 0.2) is 0 Å². The maximum Gasteiger partial charge on any atom is 0.495 e. The van der Waals surface area contributed by atoms with Gasteiger partial charge in [-0.25, -0.2) is 8.78 Å². The number of amides is 1. The Hall–Kier alpha value is -2.25. The number of nitrogens with one attached hydrogen (secondary N) is 1. The van der Waals surface area contributed by atoms with E-state index in [1.807, 2.05) is 34.6 Å². The first-order valence-electron chi connectivity index (χ1n) is 9.70. The van der Waals surface area contributed by atoms with Crippen molar-refractivity contribution in [3.63, 3.8) is 0 Å². The third kappa shape index (κ3) is 4.07. The van der Waals surface area contributed by atoms with E-state index in [1.54, 1.807) is 13.0 Å². The quantitative estimate of drug-likeness (QED) is 0.774. The van der Waals surface area contributed by atoms with Crippen molar-refractivity contribution in [3.8, 4) is 0 Å². The van der Waals surface area contributed by atoms with Gasteiger partial charge in [-0.1, -0.05) is 13.0 Å². The van der Waals surface area contributed by atoms with Gasteiger partial charge in [-0.15, -0.1) is 0 Å². The van der Waals surface area contributed by atoms with E-state index in [4.69, 9.17) is 9.31 Å². The van der Waals surface area contributed by atoms with Crippen LogP contribution in [0.4, 0.5) is 14.5 Å². The Bertz CT molecular complexity index is 943. The highest BCUT2D eigenvalue weighted by Crippen LogP contribution is 2.37. The van der Waals surface area contributed by atoms with Gasteiger partial charge >= 0.3 is 7.12 Å². The first-order chi connectivity index (χ1) is 13.4. The molecule has 3 rings (SSSR count). The van der Waals surface area contributed by atoms with Crippen LogP contribution in [0.3, 0.4) is 0 Å². The molecule has 154 valence electrons. The number of benzene rings is 2. The largest absolute Gasteiger partial charge is 0.495 e. The molecule has 7 heteroatoms. The van der Waals surface area contributed by atoms with Crippen molar-refractivity contribution < 1.29 is 22.9 Å². The number of hydrogen-bond donors (Lipinski definition) is 1. The van der Waals surface area contributed by atoms with Gasteiger partial charge in [0.2, 0.25) is 0 Å². The molecule has 2 aromatic rings. The van der Waals surface area contributed by atoms with E-state index in [-0.39, 0.29) is 11.3 Å². The van der Waals surface area contributed by atoms with Crippen molar-refractivity contribution in [3.05, 3.63) is 58.7 Å². The van der Waals surface area contributed by atoms with Crippen molar-refractivity contribution in [2.75, 3.05) is 5.32 Å². The smallest absolute Gasteiger partial charge is 0.399 e. The summed E-state index contributed by atoms with van der Waals surface area (Å²) < 4.78 is 40.7. The Kier molecular flexibility index (Phi) is 5.58. The molecule has 0 spiro atoms. The highest BCUT2D eigenvalue weighted by atomic mass is 19.1. The summed E-state index contributed by atoms with van der Waals surface area (Å²) >= 11 is 0. The lowest BCUT2D eigenvalue weighted by molar-refractivity contribution is 0.00578. The number of anilines is 1. The monoisotopic (exact) mass is 401 g/mol. The SMILES string of the molecule is CCc1ccc(C(=O)Nc2cc(F)cc(B3OC(C)(C)C(C)(C)O3)c2C)c(F)c1. The minimum absolute atomic E-state index is 0.0944. The third-order valence-electron chi connectivity index (χ3n) is 5.85. The summed E-state index contributed by atoms with van der Waals surface area (Å²) in [5, 5.41) is 2.62. The summed E-state index contributed by atoms with van der Waals surface area (Å²) in [4.78, 5) is 12.6. The second kappa shape index (κ2) is 7.54. The van der Waals surface area contributed by atoms with Gasteiger partial charge < -0.3 is 14.6 Å². The van der Waals surface area contributed by atoms with E-state index in [1.165, 1.54) is 24.3 Å².